The molecule has 1 heterocycles. The molecule has 0 spiro atoms. The summed E-state index contributed by atoms with van der Waals surface area (Å²) in [6, 6.07) is 15.7. The van der Waals surface area contributed by atoms with Crippen LogP contribution in [0.3, 0.4) is 0 Å². The summed E-state index contributed by atoms with van der Waals surface area (Å²) in [5.41, 5.74) is 3.45. The van der Waals surface area contributed by atoms with E-state index in [0.717, 1.165) is 42.3 Å². The molecule has 0 saturated heterocycles. The first-order valence-corrected chi connectivity index (χ1v) is 9.72. The lowest BCUT2D eigenvalue weighted by atomic mass is 10.1. The van der Waals surface area contributed by atoms with Gasteiger partial charge < -0.3 is 14.3 Å². The molecule has 1 aliphatic rings. The van der Waals surface area contributed by atoms with Crippen LogP contribution in [0.5, 0.6) is 5.75 Å². The number of hydrogen-bond acceptors (Lipinski definition) is 5. The van der Waals surface area contributed by atoms with Crippen LogP contribution in [-0.4, -0.2) is 36.3 Å². The minimum absolute atomic E-state index is 0.180. The van der Waals surface area contributed by atoms with Gasteiger partial charge in [0.1, 0.15) is 24.0 Å². The number of ether oxygens (including phenoxy) is 1. The molecular formula is C23H25NO4. The number of hydrogen-bond donors (Lipinski definition) is 1. The summed E-state index contributed by atoms with van der Waals surface area (Å²) in [5.74, 6) is 0.596. The van der Waals surface area contributed by atoms with E-state index in [1.54, 1.807) is 6.07 Å². The number of benzene rings is 2. The highest BCUT2D eigenvalue weighted by Crippen LogP contribution is 2.29. The average Bonchev–Trinajstić information content (AvgIpc) is 3.18. The molecule has 146 valence electrons. The molecule has 0 fully saturated rings. The first kappa shape index (κ1) is 18.7. The van der Waals surface area contributed by atoms with E-state index in [1.807, 2.05) is 37.4 Å². The molecule has 28 heavy (non-hydrogen) atoms. The second-order valence-corrected chi connectivity index (χ2v) is 7.51. The van der Waals surface area contributed by atoms with Crippen LogP contribution >= 0.6 is 0 Å². The zero-order valence-corrected chi connectivity index (χ0v) is 16.1. The zero-order chi connectivity index (χ0) is 19.5. The lowest BCUT2D eigenvalue weighted by Crippen LogP contribution is -2.32. The van der Waals surface area contributed by atoms with Crippen LogP contribution in [0.1, 0.15) is 23.1 Å². The Morgan fingerprint density at radius 3 is 2.75 bits per heavy atom. The second kappa shape index (κ2) is 8.17. The lowest BCUT2D eigenvalue weighted by Gasteiger charge is -2.21. The molecule has 5 heteroatoms. The Morgan fingerprint density at radius 1 is 1.14 bits per heavy atom. The molecule has 1 atom stereocenters. The summed E-state index contributed by atoms with van der Waals surface area (Å²) in [6.07, 6.45) is 2.11. The van der Waals surface area contributed by atoms with Gasteiger partial charge in [-0.3, -0.25) is 4.90 Å². The third-order valence-electron chi connectivity index (χ3n) is 5.21. The molecule has 4 rings (SSSR count). The Balaban J connectivity index is 1.37. The molecule has 0 saturated carbocycles. The molecule has 3 aromatic rings. The Bertz CT molecular complexity index is 1010. The van der Waals surface area contributed by atoms with Gasteiger partial charge in [0.2, 0.25) is 0 Å². The van der Waals surface area contributed by atoms with E-state index in [0.29, 0.717) is 17.9 Å². The summed E-state index contributed by atoms with van der Waals surface area (Å²) < 4.78 is 11.2. The maximum atomic E-state index is 12.1. The van der Waals surface area contributed by atoms with Crippen molar-refractivity contribution in [1.29, 1.82) is 0 Å². The number of rotatable bonds is 7. The van der Waals surface area contributed by atoms with Gasteiger partial charge in [0, 0.05) is 30.1 Å². The fourth-order valence-corrected chi connectivity index (χ4v) is 3.92. The van der Waals surface area contributed by atoms with E-state index in [1.165, 1.54) is 5.56 Å². The quantitative estimate of drug-likeness (QED) is 0.639. The average molecular weight is 379 g/mol. The molecular weight excluding hydrogens is 354 g/mol. The van der Waals surface area contributed by atoms with Gasteiger partial charge >= 0.3 is 5.63 Å². The summed E-state index contributed by atoms with van der Waals surface area (Å²) in [7, 11) is 1.97. The fourth-order valence-electron chi connectivity index (χ4n) is 3.92. The molecule has 1 aromatic heterocycles. The van der Waals surface area contributed by atoms with Gasteiger partial charge in [-0.05, 0) is 49.6 Å². The van der Waals surface area contributed by atoms with E-state index >= 15 is 0 Å². The third kappa shape index (κ3) is 4.11. The lowest BCUT2D eigenvalue weighted by molar-refractivity contribution is 0.0744. The van der Waals surface area contributed by atoms with Crippen LogP contribution in [0, 0.1) is 0 Å². The van der Waals surface area contributed by atoms with Crippen molar-refractivity contribution in [1.82, 2.24) is 4.90 Å². The van der Waals surface area contributed by atoms with Gasteiger partial charge in [0.05, 0.1) is 0 Å². The summed E-state index contributed by atoms with van der Waals surface area (Å²) in [5, 5.41) is 11.3. The molecule has 1 N–H and O–H groups in total. The molecule has 5 nitrogen and oxygen atoms in total. The van der Waals surface area contributed by atoms with Crippen molar-refractivity contribution >= 4 is 11.0 Å². The van der Waals surface area contributed by atoms with Gasteiger partial charge in [-0.1, -0.05) is 30.3 Å². The minimum atomic E-state index is -0.614. The molecule has 1 unspecified atom stereocenters. The van der Waals surface area contributed by atoms with Gasteiger partial charge in [-0.2, -0.15) is 0 Å². The molecule has 1 aliphatic carbocycles. The zero-order valence-electron chi connectivity index (χ0n) is 16.1. The van der Waals surface area contributed by atoms with Crippen LogP contribution in [0.4, 0.5) is 0 Å². The third-order valence-corrected chi connectivity index (χ3v) is 5.21. The topological polar surface area (TPSA) is 62.9 Å². The predicted molar refractivity (Wildman–Crippen MR) is 109 cm³/mol. The minimum Gasteiger partial charge on any atom is -0.491 e. The summed E-state index contributed by atoms with van der Waals surface area (Å²) in [4.78, 5) is 14.2. The monoisotopic (exact) mass is 379 g/mol. The summed E-state index contributed by atoms with van der Waals surface area (Å²) in [6.45, 7) is 1.45. The largest absolute Gasteiger partial charge is 0.491 e. The number of likely N-dealkylation sites (N-methyl/N-ethyl adjacent to an activating group) is 1. The Hall–Kier alpha value is -2.63. The van der Waals surface area contributed by atoms with Crippen molar-refractivity contribution < 1.29 is 14.3 Å². The molecule has 0 aliphatic heterocycles. The second-order valence-electron chi connectivity index (χ2n) is 7.51. The number of aliphatic hydroxyl groups excluding tert-OH is 1. The Morgan fingerprint density at radius 2 is 1.93 bits per heavy atom. The number of aryl methyl sites for hydroxylation is 1. The highest BCUT2D eigenvalue weighted by Gasteiger charge is 2.19. The van der Waals surface area contributed by atoms with Crippen molar-refractivity contribution in [3.8, 4) is 5.75 Å². The van der Waals surface area contributed by atoms with Crippen molar-refractivity contribution in [2.45, 2.75) is 31.9 Å². The highest BCUT2D eigenvalue weighted by atomic mass is 16.5. The van der Waals surface area contributed by atoms with Gasteiger partial charge in [-0.15, -0.1) is 0 Å². The van der Waals surface area contributed by atoms with Gasteiger partial charge in [-0.25, -0.2) is 4.79 Å². The SMILES string of the molecule is CN(Cc1ccccc1)CC(O)COc1ccc2c3c(c(=O)oc2c1)CCC3. The van der Waals surface area contributed by atoms with Crippen molar-refractivity contribution in [2.24, 2.45) is 0 Å². The van der Waals surface area contributed by atoms with Gasteiger partial charge in [0.15, 0.2) is 0 Å². The van der Waals surface area contributed by atoms with Crippen molar-refractivity contribution in [2.75, 3.05) is 20.2 Å². The molecule has 2 aromatic carbocycles. The van der Waals surface area contributed by atoms with Crippen molar-refractivity contribution in [3.05, 3.63) is 75.6 Å². The van der Waals surface area contributed by atoms with E-state index < -0.39 is 6.10 Å². The standard InChI is InChI=1S/C23H25NO4/c1-24(13-16-6-3-2-4-7-16)14-17(25)15-27-18-10-11-20-19-8-5-9-21(19)23(26)28-22(20)12-18/h2-4,6-7,10-12,17,25H,5,8-9,13-15H2,1H3. The first-order valence-electron chi connectivity index (χ1n) is 9.72. The van der Waals surface area contributed by atoms with E-state index in [4.69, 9.17) is 9.15 Å². The normalized spacial score (nSPS) is 14.4. The van der Waals surface area contributed by atoms with Crippen LogP contribution in [0.15, 0.2) is 57.7 Å². The number of aliphatic hydroxyl groups is 1. The number of nitrogens with zero attached hydrogens (tertiary/aromatic N) is 1. The predicted octanol–water partition coefficient (Wildman–Crippen LogP) is 3.15. The maximum absolute atomic E-state index is 12.1. The van der Waals surface area contributed by atoms with Crippen LogP contribution < -0.4 is 10.4 Å². The van der Waals surface area contributed by atoms with E-state index in [-0.39, 0.29) is 12.2 Å². The fraction of sp³-hybridized carbons (Fsp3) is 0.348. The molecule has 0 radical (unpaired) electrons. The van der Waals surface area contributed by atoms with Crippen LogP contribution in [-0.2, 0) is 19.4 Å². The Kier molecular flexibility index (Phi) is 5.46. The van der Waals surface area contributed by atoms with Crippen molar-refractivity contribution in [3.63, 3.8) is 0 Å². The molecule has 0 amide bonds. The van der Waals surface area contributed by atoms with Gasteiger partial charge in [0.25, 0.3) is 0 Å². The smallest absolute Gasteiger partial charge is 0.339 e. The maximum Gasteiger partial charge on any atom is 0.339 e. The van der Waals surface area contributed by atoms with Crippen LogP contribution in [0.25, 0.3) is 11.0 Å². The van der Waals surface area contributed by atoms with Crippen LogP contribution in [0.2, 0.25) is 0 Å². The molecule has 0 bridgehead atoms. The van der Waals surface area contributed by atoms with E-state index in [2.05, 4.69) is 17.0 Å². The number of fused-ring (bicyclic) bond motifs is 3. The Labute approximate surface area is 164 Å². The first-order chi connectivity index (χ1) is 13.6. The summed E-state index contributed by atoms with van der Waals surface area (Å²) >= 11 is 0. The van der Waals surface area contributed by atoms with E-state index in [9.17, 15) is 9.90 Å². The highest BCUT2D eigenvalue weighted by molar-refractivity contribution is 5.83.